The minimum absolute atomic E-state index is 0.103. The smallest absolute Gasteiger partial charge is 0.488 e. The van der Waals surface area contributed by atoms with Crippen molar-refractivity contribution in [3.8, 4) is 11.6 Å². The summed E-state index contributed by atoms with van der Waals surface area (Å²) in [5.74, 6) is 0.378. The summed E-state index contributed by atoms with van der Waals surface area (Å²) in [4.78, 5) is 19.7. The number of aromatic nitrogens is 2. The van der Waals surface area contributed by atoms with Gasteiger partial charge in [0.2, 0.25) is 5.88 Å². The fraction of sp³-hybridized carbons (Fsp3) is 0.250. The maximum Gasteiger partial charge on any atom is 0.515 e. The molecule has 0 aliphatic rings. The molecule has 0 atom stereocenters. The third kappa shape index (κ3) is 4.50. The molecule has 0 saturated carbocycles. The molecule has 0 unspecified atom stereocenters. The van der Waals surface area contributed by atoms with Crippen molar-refractivity contribution in [1.82, 2.24) is 9.97 Å². The predicted molar refractivity (Wildman–Crippen MR) is 117 cm³/mol. The monoisotopic (exact) mass is 438 g/mol. The number of halogens is 1. The molecule has 2 aromatic carbocycles. The Hall–Kier alpha value is -3.65. The van der Waals surface area contributed by atoms with E-state index >= 15 is 0 Å². The molecule has 0 spiro atoms. The maximum absolute atomic E-state index is 13.5. The van der Waals surface area contributed by atoms with Gasteiger partial charge in [0.25, 0.3) is 0 Å². The first-order valence-electron chi connectivity index (χ1n) is 10.1. The third-order valence-corrected chi connectivity index (χ3v) is 4.77. The van der Waals surface area contributed by atoms with Gasteiger partial charge in [-0.3, -0.25) is 0 Å². The first-order chi connectivity index (χ1) is 15.5. The zero-order valence-corrected chi connectivity index (χ0v) is 18.0. The molecule has 0 amide bonds. The van der Waals surface area contributed by atoms with Gasteiger partial charge in [-0.25, -0.2) is 14.2 Å². The second kappa shape index (κ2) is 9.23. The number of H-pyrrole nitrogens is 1. The molecule has 0 fully saturated rings. The average Bonchev–Trinajstić information content (AvgIpc) is 3.13. The topological polar surface area (TPSA) is 82.7 Å². The van der Waals surface area contributed by atoms with Crippen LogP contribution in [0.5, 0.6) is 11.6 Å². The van der Waals surface area contributed by atoms with Crippen molar-refractivity contribution < 1.29 is 28.1 Å². The van der Waals surface area contributed by atoms with Crippen molar-refractivity contribution in [3.05, 3.63) is 65.6 Å². The summed E-state index contributed by atoms with van der Waals surface area (Å²) >= 11 is 0. The quantitative estimate of drug-likeness (QED) is 0.384. The summed E-state index contributed by atoms with van der Waals surface area (Å²) in [5, 5.41) is 1.55. The van der Waals surface area contributed by atoms with E-state index in [4.69, 9.17) is 18.9 Å². The van der Waals surface area contributed by atoms with Gasteiger partial charge in [-0.2, -0.15) is 0 Å². The summed E-state index contributed by atoms with van der Waals surface area (Å²) in [6, 6.07) is 11.9. The van der Waals surface area contributed by atoms with E-state index in [1.54, 1.807) is 39.3 Å². The van der Waals surface area contributed by atoms with E-state index in [1.807, 2.05) is 18.2 Å². The Labute approximate surface area is 184 Å². The number of ether oxygens (including phenoxy) is 4. The largest absolute Gasteiger partial charge is 0.515 e. The van der Waals surface area contributed by atoms with Crippen LogP contribution >= 0.6 is 0 Å². The summed E-state index contributed by atoms with van der Waals surface area (Å²) in [5.41, 5.74) is 2.84. The number of carbonyl (C=O) groups is 1. The highest BCUT2D eigenvalue weighted by Crippen LogP contribution is 2.38. The van der Waals surface area contributed by atoms with E-state index < -0.39 is 6.16 Å². The highest BCUT2D eigenvalue weighted by atomic mass is 19.1. The number of nitrogens with zero attached hydrogens (tertiary/aromatic N) is 1. The molecule has 32 heavy (non-hydrogen) atoms. The van der Waals surface area contributed by atoms with Crippen LogP contribution < -0.4 is 9.47 Å². The van der Waals surface area contributed by atoms with Crippen molar-refractivity contribution in [3.63, 3.8) is 0 Å². The molecule has 0 aliphatic carbocycles. The number of fused-ring (bicyclic) bond motifs is 3. The molecule has 1 N–H and O–H groups in total. The molecular formula is C24H23FN2O5. The Morgan fingerprint density at radius 1 is 1.09 bits per heavy atom. The van der Waals surface area contributed by atoms with Crippen molar-refractivity contribution in [1.29, 1.82) is 0 Å². The van der Waals surface area contributed by atoms with Crippen LogP contribution in [0.2, 0.25) is 0 Å². The molecule has 2 aromatic heterocycles. The van der Waals surface area contributed by atoms with Crippen LogP contribution in [-0.4, -0.2) is 29.3 Å². The van der Waals surface area contributed by atoms with Crippen molar-refractivity contribution in [2.45, 2.75) is 33.2 Å². The normalized spacial score (nSPS) is 11.3. The summed E-state index contributed by atoms with van der Waals surface area (Å²) in [6.45, 7) is 3.81. The van der Waals surface area contributed by atoms with E-state index in [9.17, 15) is 9.18 Å². The first-order valence-corrected chi connectivity index (χ1v) is 10.1. The standard InChI is InChI=1S/C24H23FN2O5/c1-14(2)31-24(28)32-23-17(13-29-3)21-19(11-26-23)27-18-8-5-9-20(22(18)21)30-12-15-6-4-7-16(25)10-15/h4-11,14,27H,12-13H2,1-3H3. The minimum atomic E-state index is -0.841. The molecule has 166 valence electrons. The van der Waals surface area contributed by atoms with Crippen molar-refractivity contribution in [2.24, 2.45) is 0 Å². The van der Waals surface area contributed by atoms with Crippen molar-refractivity contribution in [2.75, 3.05) is 7.11 Å². The second-order valence-corrected chi connectivity index (χ2v) is 7.50. The lowest BCUT2D eigenvalue weighted by Gasteiger charge is -2.13. The number of methoxy groups -OCH3 is 1. The van der Waals surface area contributed by atoms with E-state index in [1.165, 1.54) is 12.1 Å². The van der Waals surface area contributed by atoms with E-state index in [2.05, 4.69) is 9.97 Å². The van der Waals surface area contributed by atoms with Crippen LogP contribution in [0.15, 0.2) is 48.7 Å². The number of hydrogen-bond acceptors (Lipinski definition) is 6. The van der Waals surface area contributed by atoms with Crippen molar-refractivity contribution >= 4 is 28.0 Å². The van der Waals surface area contributed by atoms with Gasteiger partial charge >= 0.3 is 6.16 Å². The Morgan fingerprint density at radius 2 is 1.91 bits per heavy atom. The zero-order valence-electron chi connectivity index (χ0n) is 18.0. The van der Waals surface area contributed by atoms with Gasteiger partial charge in [0, 0.05) is 17.9 Å². The number of aromatic amines is 1. The zero-order chi connectivity index (χ0) is 22.7. The third-order valence-electron chi connectivity index (χ3n) is 4.77. The number of benzene rings is 2. The number of rotatable bonds is 7. The molecular weight excluding hydrogens is 415 g/mol. The van der Waals surface area contributed by atoms with Gasteiger partial charge in [0.1, 0.15) is 18.2 Å². The lowest BCUT2D eigenvalue weighted by Crippen LogP contribution is -2.17. The molecule has 0 bridgehead atoms. The molecule has 0 saturated heterocycles. The molecule has 7 nitrogen and oxygen atoms in total. The molecule has 2 heterocycles. The summed E-state index contributed by atoms with van der Waals surface area (Å²) in [6.07, 6.45) is 0.419. The fourth-order valence-electron chi connectivity index (χ4n) is 3.52. The highest BCUT2D eigenvalue weighted by Gasteiger charge is 2.21. The molecule has 4 rings (SSSR count). The summed E-state index contributed by atoms with van der Waals surface area (Å²) in [7, 11) is 1.55. The van der Waals surface area contributed by atoms with E-state index in [0.717, 1.165) is 21.8 Å². The molecule has 8 heteroatoms. The fourth-order valence-corrected chi connectivity index (χ4v) is 3.52. The van der Waals surface area contributed by atoms with Gasteiger partial charge in [-0.15, -0.1) is 0 Å². The Bertz CT molecular complexity index is 1270. The number of nitrogens with one attached hydrogen (secondary N) is 1. The average molecular weight is 438 g/mol. The van der Waals surface area contributed by atoms with Gasteiger partial charge in [0.05, 0.1) is 35.5 Å². The number of pyridine rings is 1. The van der Waals surface area contributed by atoms with Crippen LogP contribution in [0.3, 0.4) is 0 Å². The SMILES string of the molecule is COCc1c(OC(=O)OC(C)C)ncc2[nH]c3cccc(OCc4cccc(F)c4)c3c12. The summed E-state index contributed by atoms with van der Waals surface area (Å²) < 4.78 is 35.4. The van der Waals surface area contributed by atoms with Crippen LogP contribution in [0.25, 0.3) is 21.8 Å². The van der Waals surface area contributed by atoms with E-state index in [-0.39, 0.29) is 31.0 Å². The van der Waals surface area contributed by atoms with E-state index in [0.29, 0.717) is 16.9 Å². The minimum Gasteiger partial charge on any atom is -0.488 e. The maximum atomic E-state index is 13.5. The molecule has 4 aromatic rings. The van der Waals surface area contributed by atoms with Gasteiger partial charge < -0.3 is 23.9 Å². The number of carbonyl (C=O) groups excluding carboxylic acids is 1. The van der Waals surface area contributed by atoms with Crippen LogP contribution in [0, 0.1) is 5.82 Å². The number of hydrogen-bond donors (Lipinski definition) is 1. The molecule has 0 aliphatic heterocycles. The van der Waals surface area contributed by atoms with Crippen LogP contribution in [0.1, 0.15) is 25.0 Å². The first kappa shape index (κ1) is 21.6. The lowest BCUT2D eigenvalue weighted by atomic mass is 10.1. The molecule has 0 radical (unpaired) electrons. The Morgan fingerprint density at radius 3 is 2.66 bits per heavy atom. The predicted octanol–water partition coefficient (Wildman–Crippen LogP) is 5.50. The second-order valence-electron chi connectivity index (χ2n) is 7.50. The highest BCUT2D eigenvalue weighted by molar-refractivity contribution is 6.12. The van der Waals surface area contributed by atoms with Gasteiger partial charge in [-0.1, -0.05) is 18.2 Å². The Balaban J connectivity index is 1.78. The van der Waals surface area contributed by atoms with Crippen LogP contribution in [0.4, 0.5) is 9.18 Å². The van der Waals surface area contributed by atoms with Gasteiger partial charge in [-0.05, 0) is 43.7 Å². The van der Waals surface area contributed by atoms with Gasteiger partial charge in [0.15, 0.2) is 0 Å². The van der Waals surface area contributed by atoms with Crippen LogP contribution in [-0.2, 0) is 22.7 Å². The lowest BCUT2D eigenvalue weighted by molar-refractivity contribution is 0.0705. The Kier molecular flexibility index (Phi) is 6.23.